The number of amides is 1. The number of hydrogen-bond acceptors (Lipinski definition) is 3. The third kappa shape index (κ3) is 6.08. The van der Waals surface area contributed by atoms with E-state index in [2.05, 4.69) is 5.32 Å². The van der Waals surface area contributed by atoms with Crippen LogP contribution < -0.4 is 5.32 Å². The molecule has 0 aliphatic heterocycles. The van der Waals surface area contributed by atoms with E-state index in [1.54, 1.807) is 30.3 Å². The molecule has 21 heavy (non-hydrogen) atoms. The van der Waals surface area contributed by atoms with Gasteiger partial charge in [-0.15, -0.1) is 0 Å². The second-order valence-electron chi connectivity index (χ2n) is 4.99. The van der Waals surface area contributed by atoms with Gasteiger partial charge < -0.3 is 20.2 Å². The molecule has 1 aromatic carbocycles. The molecule has 4 N–H and O–H groups in total. The first kappa shape index (κ1) is 17.4. The smallest absolute Gasteiger partial charge is 0.329 e. The van der Waals surface area contributed by atoms with Gasteiger partial charge in [0.15, 0.2) is 0 Å². The van der Waals surface area contributed by atoms with Crippen molar-refractivity contribution in [2.75, 3.05) is 6.16 Å². The van der Waals surface area contributed by atoms with Gasteiger partial charge in [-0.3, -0.25) is 9.36 Å². The minimum absolute atomic E-state index is 0.000376. The molecule has 116 valence electrons. The normalized spacial score (nSPS) is 14.2. The summed E-state index contributed by atoms with van der Waals surface area (Å²) in [6.45, 7) is 1.23. The fourth-order valence-corrected chi connectivity index (χ4v) is 2.46. The van der Waals surface area contributed by atoms with Crippen LogP contribution >= 0.6 is 7.60 Å². The Balaban J connectivity index is 2.71. The molecule has 0 bridgehead atoms. The first-order valence-electron chi connectivity index (χ1n) is 6.25. The van der Waals surface area contributed by atoms with Crippen molar-refractivity contribution < 1.29 is 29.0 Å². The Labute approximate surface area is 122 Å². The van der Waals surface area contributed by atoms with E-state index in [1.807, 2.05) is 0 Å². The molecule has 0 heterocycles. The van der Waals surface area contributed by atoms with Gasteiger partial charge in [0.1, 0.15) is 5.54 Å². The zero-order valence-corrected chi connectivity index (χ0v) is 12.4. The van der Waals surface area contributed by atoms with Gasteiger partial charge in [0.2, 0.25) is 5.91 Å². The molecule has 0 aromatic heterocycles. The maximum Gasteiger partial charge on any atom is 0.329 e. The van der Waals surface area contributed by atoms with Gasteiger partial charge in [-0.2, -0.15) is 0 Å². The van der Waals surface area contributed by atoms with Gasteiger partial charge >= 0.3 is 13.6 Å². The van der Waals surface area contributed by atoms with Crippen molar-refractivity contribution in [2.24, 2.45) is 0 Å². The van der Waals surface area contributed by atoms with E-state index in [-0.39, 0.29) is 12.8 Å². The average Bonchev–Trinajstić information content (AvgIpc) is 2.36. The lowest BCUT2D eigenvalue weighted by Gasteiger charge is -2.26. The summed E-state index contributed by atoms with van der Waals surface area (Å²) >= 11 is 0. The number of aliphatic carboxylic acids is 1. The van der Waals surface area contributed by atoms with E-state index in [0.717, 1.165) is 5.56 Å². The molecule has 0 aliphatic rings. The highest BCUT2D eigenvalue weighted by Gasteiger charge is 2.36. The Morgan fingerprint density at radius 2 is 1.81 bits per heavy atom. The van der Waals surface area contributed by atoms with Crippen LogP contribution in [0.15, 0.2) is 30.3 Å². The van der Waals surface area contributed by atoms with Crippen molar-refractivity contribution >= 4 is 19.5 Å². The Morgan fingerprint density at radius 3 is 2.29 bits per heavy atom. The molecule has 8 heteroatoms. The second-order valence-corrected chi connectivity index (χ2v) is 6.76. The molecular formula is C13H18NO6P. The third-order valence-electron chi connectivity index (χ3n) is 3.00. The first-order valence-corrected chi connectivity index (χ1v) is 8.05. The van der Waals surface area contributed by atoms with Gasteiger partial charge in [-0.25, -0.2) is 4.79 Å². The Hall–Kier alpha value is -1.69. The molecule has 1 aromatic rings. The maximum absolute atomic E-state index is 11.9. The van der Waals surface area contributed by atoms with Crippen molar-refractivity contribution in [3.8, 4) is 0 Å². The molecule has 0 spiro atoms. The summed E-state index contributed by atoms with van der Waals surface area (Å²) in [5, 5.41) is 11.5. The van der Waals surface area contributed by atoms with Gasteiger partial charge in [-0.1, -0.05) is 30.3 Å². The molecule has 1 amide bonds. The standard InChI is InChI=1S/C13H18NO6P/c1-13(12(16)17,7-8-21(18,19)20)14-11(15)9-10-5-3-2-4-6-10/h2-6H,7-9H2,1H3,(H,14,15)(H,16,17)(H2,18,19,20). The summed E-state index contributed by atoms with van der Waals surface area (Å²) in [5.41, 5.74) is -0.995. The lowest BCUT2D eigenvalue weighted by atomic mass is 9.98. The van der Waals surface area contributed by atoms with Crippen LogP contribution in [0.3, 0.4) is 0 Å². The molecule has 0 saturated carbocycles. The minimum Gasteiger partial charge on any atom is -0.480 e. The summed E-state index contributed by atoms with van der Waals surface area (Å²) in [4.78, 5) is 40.8. The molecule has 0 aliphatic carbocycles. The monoisotopic (exact) mass is 315 g/mol. The summed E-state index contributed by atoms with van der Waals surface area (Å²) in [6, 6.07) is 8.77. The summed E-state index contributed by atoms with van der Waals surface area (Å²) in [6.07, 6.45) is -0.964. The van der Waals surface area contributed by atoms with E-state index in [9.17, 15) is 19.3 Å². The number of nitrogens with one attached hydrogen (secondary N) is 1. The van der Waals surface area contributed by atoms with Gasteiger partial charge in [0, 0.05) is 0 Å². The SMILES string of the molecule is CC(CCP(=O)(O)O)(NC(=O)Cc1ccccc1)C(=O)O. The molecule has 7 nitrogen and oxygen atoms in total. The van der Waals surface area contributed by atoms with Crippen LogP contribution in [0.2, 0.25) is 0 Å². The molecule has 1 atom stereocenters. The molecule has 0 fully saturated rings. The van der Waals surface area contributed by atoms with Crippen molar-refractivity contribution in [3.63, 3.8) is 0 Å². The number of carboxylic acids is 1. The Morgan fingerprint density at radius 1 is 1.24 bits per heavy atom. The van der Waals surface area contributed by atoms with Crippen LogP contribution in [0, 0.1) is 0 Å². The van der Waals surface area contributed by atoms with Gasteiger partial charge in [-0.05, 0) is 18.9 Å². The first-order chi connectivity index (χ1) is 9.62. The van der Waals surface area contributed by atoms with Crippen molar-refractivity contribution in [3.05, 3.63) is 35.9 Å². The average molecular weight is 315 g/mol. The minimum atomic E-state index is -4.33. The topological polar surface area (TPSA) is 124 Å². The molecule has 0 radical (unpaired) electrons. The number of rotatable bonds is 7. The highest BCUT2D eigenvalue weighted by atomic mass is 31.2. The van der Waals surface area contributed by atoms with E-state index >= 15 is 0 Å². The Kier molecular flexibility index (Phi) is 5.66. The predicted octanol–water partition coefficient (Wildman–Crippen LogP) is 0.756. The molecule has 1 unspecified atom stereocenters. The maximum atomic E-state index is 11.9. The van der Waals surface area contributed by atoms with Crippen molar-refractivity contribution in [2.45, 2.75) is 25.3 Å². The van der Waals surface area contributed by atoms with E-state index < -0.39 is 31.2 Å². The zero-order valence-electron chi connectivity index (χ0n) is 11.5. The Bertz CT molecular complexity index is 555. The van der Waals surface area contributed by atoms with E-state index in [4.69, 9.17) is 9.79 Å². The van der Waals surface area contributed by atoms with Crippen LogP contribution in [0.25, 0.3) is 0 Å². The van der Waals surface area contributed by atoms with E-state index in [0.29, 0.717) is 0 Å². The number of benzene rings is 1. The van der Waals surface area contributed by atoms with Crippen LogP contribution in [0.5, 0.6) is 0 Å². The predicted molar refractivity (Wildman–Crippen MR) is 75.9 cm³/mol. The lowest BCUT2D eigenvalue weighted by molar-refractivity contribution is -0.146. The lowest BCUT2D eigenvalue weighted by Crippen LogP contribution is -2.53. The van der Waals surface area contributed by atoms with Crippen LogP contribution in [0.1, 0.15) is 18.9 Å². The summed E-state index contributed by atoms with van der Waals surface area (Å²) in [7, 11) is -4.33. The number of carbonyl (C=O) groups is 2. The molecule has 0 saturated heterocycles. The molecule has 1 rings (SSSR count). The summed E-state index contributed by atoms with van der Waals surface area (Å²) < 4.78 is 10.9. The van der Waals surface area contributed by atoms with Crippen LogP contribution in [0.4, 0.5) is 0 Å². The van der Waals surface area contributed by atoms with E-state index in [1.165, 1.54) is 6.92 Å². The highest BCUT2D eigenvalue weighted by molar-refractivity contribution is 7.51. The highest BCUT2D eigenvalue weighted by Crippen LogP contribution is 2.36. The summed E-state index contributed by atoms with van der Waals surface area (Å²) in [5.74, 6) is -1.85. The second kappa shape index (κ2) is 6.85. The van der Waals surface area contributed by atoms with Crippen molar-refractivity contribution in [1.29, 1.82) is 0 Å². The zero-order chi connectivity index (χ0) is 16.1. The van der Waals surface area contributed by atoms with Gasteiger partial charge in [0.05, 0.1) is 12.6 Å². The van der Waals surface area contributed by atoms with Gasteiger partial charge in [0.25, 0.3) is 0 Å². The number of carbonyl (C=O) groups excluding carboxylic acids is 1. The van der Waals surface area contributed by atoms with Crippen LogP contribution in [-0.2, 0) is 20.6 Å². The number of hydrogen-bond donors (Lipinski definition) is 4. The molecular weight excluding hydrogens is 297 g/mol. The number of carboxylic acid groups (broad SMARTS) is 1. The van der Waals surface area contributed by atoms with Crippen LogP contribution in [-0.4, -0.2) is 38.5 Å². The fourth-order valence-electron chi connectivity index (χ4n) is 1.73. The quantitative estimate of drug-likeness (QED) is 0.551. The largest absolute Gasteiger partial charge is 0.480 e. The fraction of sp³-hybridized carbons (Fsp3) is 0.385. The third-order valence-corrected chi connectivity index (χ3v) is 3.80. The van der Waals surface area contributed by atoms with Crippen molar-refractivity contribution in [1.82, 2.24) is 5.32 Å².